The number of pyridine rings is 1. The number of likely N-dealkylation sites (tertiary alicyclic amines) is 1. The molecule has 0 aromatic carbocycles. The smallest absolute Gasteiger partial charge is 0.338 e. The minimum absolute atomic E-state index is 0.222. The molecule has 128 valence electrons. The molecule has 2 rings (SSSR count). The highest BCUT2D eigenvalue weighted by molar-refractivity contribution is 5.73. The zero-order valence-electron chi connectivity index (χ0n) is 12.8. The summed E-state index contributed by atoms with van der Waals surface area (Å²) in [4.78, 5) is 17.2. The van der Waals surface area contributed by atoms with Gasteiger partial charge in [0.25, 0.3) is 0 Å². The van der Waals surface area contributed by atoms with E-state index in [1.807, 2.05) is 12.1 Å². The van der Waals surface area contributed by atoms with Gasteiger partial charge < -0.3 is 10.6 Å². The Hall–Kier alpha value is -1.83. The zero-order chi connectivity index (χ0) is 16.7. The summed E-state index contributed by atoms with van der Waals surface area (Å²) >= 11 is 0. The van der Waals surface area contributed by atoms with Crippen LogP contribution in [0.3, 0.4) is 0 Å². The van der Waals surface area contributed by atoms with E-state index in [1.165, 1.54) is 4.90 Å². The maximum atomic E-state index is 12.3. The lowest BCUT2D eigenvalue weighted by atomic mass is 9.97. The third-order valence-corrected chi connectivity index (χ3v) is 3.82. The van der Waals surface area contributed by atoms with Crippen LogP contribution < -0.4 is 10.6 Å². The number of carbonyl (C=O) groups is 1. The topological polar surface area (TPSA) is 57.3 Å². The lowest BCUT2D eigenvalue weighted by Gasteiger charge is -2.32. The van der Waals surface area contributed by atoms with E-state index in [4.69, 9.17) is 0 Å². The number of hydrogen-bond donors (Lipinski definition) is 2. The van der Waals surface area contributed by atoms with E-state index in [0.29, 0.717) is 39.0 Å². The Morgan fingerprint density at radius 2 is 2.00 bits per heavy atom. The molecule has 0 radical (unpaired) electrons. The van der Waals surface area contributed by atoms with Gasteiger partial charge >= 0.3 is 12.2 Å². The van der Waals surface area contributed by atoms with E-state index in [0.717, 1.165) is 5.69 Å². The van der Waals surface area contributed by atoms with Gasteiger partial charge in [0.05, 0.1) is 18.8 Å². The van der Waals surface area contributed by atoms with Crippen molar-refractivity contribution in [3.63, 3.8) is 0 Å². The van der Waals surface area contributed by atoms with Crippen LogP contribution in [0.2, 0.25) is 0 Å². The summed E-state index contributed by atoms with van der Waals surface area (Å²) in [6, 6.07) is 5.18. The molecule has 2 amide bonds. The molecule has 0 bridgehead atoms. The Morgan fingerprint density at radius 1 is 1.26 bits per heavy atom. The molecule has 2 heterocycles. The van der Waals surface area contributed by atoms with Crippen molar-refractivity contribution >= 4 is 6.03 Å². The van der Waals surface area contributed by atoms with Gasteiger partial charge in [-0.2, -0.15) is 13.2 Å². The predicted molar refractivity (Wildman–Crippen MR) is 79.7 cm³/mol. The van der Waals surface area contributed by atoms with E-state index < -0.39 is 12.7 Å². The Morgan fingerprint density at radius 3 is 2.61 bits per heavy atom. The molecule has 1 saturated heterocycles. The Bertz CT molecular complexity index is 487. The summed E-state index contributed by atoms with van der Waals surface area (Å²) in [6.07, 6.45) is -1.16. The van der Waals surface area contributed by atoms with Crippen LogP contribution in [0.5, 0.6) is 0 Å². The van der Waals surface area contributed by atoms with Crippen LogP contribution in [-0.2, 0) is 6.54 Å². The fourth-order valence-electron chi connectivity index (χ4n) is 2.58. The van der Waals surface area contributed by atoms with Crippen molar-refractivity contribution in [3.8, 4) is 0 Å². The van der Waals surface area contributed by atoms with Gasteiger partial charge in [0.1, 0.15) is 0 Å². The maximum absolute atomic E-state index is 12.3. The van der Waals surface area contributed by atoms with Crippen LogP contribution >= 0.6 is 0 Å². The van der Waals surface area contributed by atoms with Gasteiger partial charge in [-0.3, -0.25) is 9.88 Å². The van der Waals surface area contributed by atoms with Crippen molar-refractivity contribution in [1.29, 1.82) is 0 Å². The maximum Gasteiger partial charge on any atom is 0.401 e. The molecule has 1 aromatic heterocycles. The first-order chi connectivity index (χ1) is 10.9. The Kier molecular flexibility index (Phi) is 6.20. The molecule has 0 spiro atoms. The van der Waals surface area contributed by atoms with Gasteiger partial charge in [-0.1, -0.05) is 6.07 Å². The number of nitrogens with zero attached hydrogens (tertiary/aromatic N) is 2. The van der Waals surface area contributed by atoms with Crippen LogP contribution in [0.1, 0.15) is 18.5 Å². The number of rotatable bonds is 5. The molecule has 2 N–H and O–H groups in total. The third kappa shape index (κ3) is 6.85. The highest BCUT2D eigenvalue weighted by atomic mass is 19.4. The molecule has 1 fully saturated rings. The van der Waals surface area contributed by atoms with Crippen molar-refractivity contribution in [1.82, 2.24) is 20.5 Å². The molecular weight excluding hydrogens is 309 g/mol. The highest BCUT2D eigenvalue weighted by Gasteiger charge is 2.32. The molecule has 1 aromatic rings. The lowest BCUT2D eigenvalue weighted by Crippen LogP contribution is -2.44. The van der Waals surface area contributed by atoms with Gasteiger partial charge in [0.15, 0.2) is 0 Å². The second-order valence-electron chi connectivity index (χ2n) is 5.72. The van der Waals surface area contributed by atoms with E-state index >= 15 is 0 Å². The van der Waals surface area contributed by atoms with Crippen LogP contribution in [0, 0.1) is 5.92 Å². The fraction of sp³-hybridized carbons (Fsp3) is 0.600. The first-order valence-corrected chi connectivity index (χ1v) is 7.63. The van der Waals surface area contributed by atoms with E-state index in [1.54, 1.807) is 12.3 Å². The van der Waals surface area contributed by atoms with Crippen LogP contribution in [0.15, 0.2) is 24.4 Å². The van der Waals surface area contributed by atoms with Crippen molar-refractivity contribution in [2.24, 2.45) is 5.92 Å². The number of piperidine rings is 1. The molecule has 0 aliphatic carbocycles. The summed E-state index contributed by atoms with van der Waals surface area (Å²) in [6.45, 7) is 0.811. The molecule has 1 aliphatic heterocycles. The first-order valence-electron chi connectivity index (χ1n) is 7.63. The van der Waals surface area contributed by atoms with Crippen LogP contribution in [0.25, 0.3) is 0 Å². The van der Waals surface area contributed by atoms with E-state index in [2.05, 4.69) is 15.6 Å². The number of urea groups is 1. The average Bonchev–Trinajstić information content (AvgIpc) is 2.52. The summed E-state index contributed by atoms with van der Waals surface area (Å²) in [5.41, 5.74) is 0.767. The summed E-state index contributed by atoms with van der Waals surface area (Å²) in [7, 11) is 0. The predicted octanol–water partition coefficient (Wildman–Crippen LogP) is 2.16. The Balaban J connectivity index is 1.60. The zero-order valence-corrected chi connectivity index (χ0v) is 12.8. The molecule has 1 aliphatic rings. The average molecular weight is 330 g/mol. The van der Waals surface area contributed by atoms with Crippen LogP contribution in [0.4, 0.5) is 18.0 Å². The highest BCUT2D eigenvalue weighted by Crippen LogP contribution is 2.22. The van der Waals surface area contributed by atoms with Gasteiger partial charge in [-0.25, -0.2) is 4.79 Å². The van der Waals surface area contributed by atoms with Crippen molar-refractivity contribution < 1.29 is 18.0 Å². The SMILES string of the molecule is O=C(NCc1ccccn1)NCC1CCN(CC(F)(F)F)CC1. The van der Waals surface area contributed by atoms with Crippen LogP contribution in [-0.4, -0.2) is 48.3 Å². The van der Waals surface area contributed by atoms with Crippen molar-refractivity contribution in [2.75, 3.05) is 26.2 Å². The first kappa shape index (κ1) is 17.5. The minimum atomic E-state index is -4.14. The minimum Gasteiger partial charge on any atom is -0.338 e. The lowest BCUT2D eigenvalue weighted by molar-refractivity contribution is -0.148. The van der Waals surface area contributed by atoms with Crippen molar-refractivity contribution in [3.05, 3.63) is 30.1 Å². The number of carbonyl (C=O) groups excluding carboxylic acids is 1. The standard InChI is InChI=1S/C15H21F3N4O/c16-15(17,18)11-22-7-4-12(5-8-22)9-20-14(23)21-10-13-3-1-2-6-19-13/h1-3,6,12H,4-5,7-11H2,(H2,20,21,23). The largest absolute Gasteiger partial charge is 0.401 e. The summed E-state index contributed by atoms with van der Waals surface area (Å²) < 4.78 is 36.9. The summed E-state index contributed by atoms with van der Waals surface area (Å²) in [5.74, 6) is 0.222. The van der Waals surface area contributed by atoms with Gasteiger partial charge in [0.2, 0.25) is 0 Å². The fourth-order valence-corrected chi connectivity index (χ4v) is 2.58. The number of aromatic nitrogens is 1. The number of alkyl halides is 3. The molecule has 0 atom stereocenters. The Labute approximate surface area is 133 Å². The quantitative estimate of drug-likeness (QED) is 0.870. The molecule has 8 heteroatoms. The molecule has 0 unspecified atom stereocenters. The van der Waals surface area contributed by atoms with Crippen molar-refractivity contribution in [2.45, 2.75) is 25.6 Å². The number of hydrogen-bond acceptors (Lipinski definition) is 3. The van der Waals surface area contributed by atoms with E-state index in [9.17, 15) is 18.0 Å². The molecule has 23 heavy (non-hydrogen) atoms. The number of amides is 2. The van der Waals surface area contributed by atoms with Gasteiger partial charge in [0, 0.05) is 12.7 Å². The second-order valence-corrected chi connectivity index (χ2v) is 5.72. The van der Waals surface area contributed by atoms with E-state index in [-0.39, 0.29) is 11.9 Å². The number of halogens is 3. The molecule has 5 nitrogen and oxygen atoms in total. The summed E-state index contributed by atoms with van der Waals surface area (Å²) in [5, 5.41) is 5.47. The van der Waals surface area contributed by atoms with Gasteiger partial charge in [-0.15, -0.1) is 0 Å². The normalized spacial score (nSPS) is 17.0. The second kappa shape index (κ2) is 8.14. The monoisotopic (exact) mass is 330 g/mol. The third-order valence-electron chi connectivity index (χ3n) is 3.82. The molecule has 0 saturated carbocycles. The molecular formula is C15H21F3N4O. The van der Waals surface area contributed by atoms with Gasteiger partial charge in [-0.05, 0) is 44.0 Å². The number of nitrogens with one attached hydrogen (secondary N) is 2.